The summed E-state index contributed by atoms with van der Waals surface area (Å²) in [6.07, 6.45) is 1.36. The molecule has 0 atom stereocenters. The third-order valence-corrected chi connectivity index (χ3v) is 2.82. The topological polar surface area (TPSA) is 42.4 Å². The normalized spacial score (nSPS) is 10.4. The van der Waals surface area contributed by atoms with Crippen molar-refractivity contribution >= 4 is 23.2 Å². The van der Waals surface area contributed by atoms with Gasteiger partial charge in [0.05, 0.1) is 16.7 Å². The van der Waals surface area contributed by atoms with Gasteiger partial charge in [-0.1, -0.05) is 23.2 Å². The van der Waals surface area contributed by atoms with Crippen LogP contribution in [-0.2, 0) is 6.61 Å². The number of nitrogens with zero attached hydrogens (tertiary/aromatic N) is 1. The van der Waals surface area contributed by atoms with Crippen LogP contribution in [0.4, 0.5) is 4.39 Å². The summed E-state index contributed by atoms with van der Waals surface area (Å²) in [5.74, 6) is 0.0428. The van der Waals surface area contributed by atoms with Crippen LogP contribution in [0.3, 0.4) is 0 Å². The molecule has 0 aliphatic heterocycles. The van der Waals surface area contributed by atoms with E-state index in [0.717, 1.165) is 6.07 Å². The second kappa shape index (κ2) is 5.52. The first-order valence-electron chi connectivity index (χ1n) is 4.98. The molecule has 0 unspecified atom stereocenters. The van der Waals surface area contributed by atoms with E-state index in [1.807, 2.05) is 0 Å². The summed E-state index contributed by atoms with van der Waals surface area (Å²) in [4.78, 5) is 3.93. The average Bonchev–Trinajstić information content (AvgIpc) is 2.35. The molecular formula is C12H8Cl2FNO2. The number of aliphatic hydroxyl groups is 1. The second-order valence-electron chi connectivity index (χ2n) is 3.45. The van der Waals surface area contributed by atoms with Crippen molar-refractivity contribution in [2.75, 3.05) is 0 Å². The van der Waals surface area contributed by atoms with Crippen LogP contribution >= 0.6 is 23.2 Å². The van der Waals surface area contributed by atoms with E-state index >= 15 is 0 Å². The van der Waals surface area contributed by atoms with Crippen LogP contribution < -0.4 is 4.74 Å². The van der Waals surface area contributed by atoms with Gasteiger partial charge in [0.2, 0.25) is 5.88 Å². The van der Waals surface area contributed by atoms with Crippen LogP contribution in [0.25, 0.3) is 0 Å². The fourth-order valence-corrected chi connectivity index (χ4v) is 1.67. The van der Waals surface area contributed by atoms with Crippen molar-refractivity contribution < 1.29 is 14.2 Å². The minimum atomic E-state index is -0.451. The molecule has 0 spiro atoms. The van der Waals surface area contributed by atoms with E-state index in [4.69, 9.17) is 33.0 Å². The van der Waals surface area contributed by atoms with E-state index in [1.165, 1.54) is 24.4 Å². The summed E-state index contributed by atoms with van der Waals surface area (Å²) in [7, 11) is 0. The Morgan fingerprint density at radius 2 is 2.00 bits per heavy atom. The van der Waals surface area contributed by atoms with Crippen LogP contribution in [0.1, 0.15) is 5.56 Å². The largest absolute Gasteiger partial charge is 0.437 e. The standard InChI is InChI=1S/C12H8Cl2FNO2/c13-9-4-8(15)1-2-11(9)18-12-3-7(6-17)10(14)5-16-12/h1-5,17H,6H2. The molecule has 0 saturated carbocycles. The minimum Gasteiger partial charge on any atom is -0.437 e. The quantitative estimate of drug-likeness (QED) is 0.933. The lowest BCUT2D eigenvalue weighted by molar-refractivity contribution is 0.281. The third-order valence-electron chi connectivity index (χ3n) is 2.19. The van der Waals surface area contributed by atoms with Crippen LogP contribution in [0.15, 0.2) is 30.5 Å². The second-order valence-corrected chi connectivity index (χ2v) is 4.26. The van der Waals surface area contributed by atoms with Gasteiger partial charge in [-0.25, -0.2) is 9.37 Å². The Balaban J connectivity index is 2.28. The highest BCUT2D eigenvalue weighted by Crippen LogP contribution is 2.30. The molecule has 0 aliphatic rings. The maximum absolute atomic E-state index is 12.9. The van der Waals surface area contributed by atoms with Gasteiger partial charge in [0.25, 0.3) is 0 Å². The van der Waals surface area contributed by atoms with E-state index in [9.17, 15) is 4.39 Å². The molecule has 2 aromatic rings. The summed E-state index contributed by atoms with van der Waals surface area (Å²) in [6.45, 7) is -0.227. The maximum atomic E-state index is 12.9. The van der Waals surface area contributed by atoms with Gasteiger partial charge < -0.3 is 9.84 Å². The fraction of sp³-hybridized carbons (Fsp3) is 0.0833. The van der Waals surface area contributed by atoms with Crippen molar-refractivity contribution in [3.63, 3.8) is 0 Å². The number of hydrogen-bond donors (Lipinski definition) is 1. The number of ether oxygens (including phenoxy) is 1. The Labute approximate surface area is 113 Å². The van der Waals surface area contributed by atoms with Gasteiger partial charge in [-0.15, -0.1) is 0 Å². The lowest BCUT2D eigenvalue weighted by atomic mass is 10.3. The molecule has 0 fully saturated rings. The zero-order chi connectivity index (χ0) is 13.1. The van der Waals surface area contributed by atoms with E-state index in [0.29, 0.717) is 10.6 Å². The number of aliphatic hydroxyl groups excluding tert-OH is 1. The molecule has 18 heavy (non-hydrogen) atoms. The van der Waals surface area contributed by atoms with E-state index in [2.05, 4.69) is 4.98 Å². The van der Waals surface area contributed by atoms with Crippen molar-refractivity contribution in [1.29, 1.82) is 0 Å². The molecule has 0 aliphatic carbocycles. The molecule has 3 nitrogen and oxygen atoms in total. The Morgan fingerprint density at radius 1 is 1.22 bits per heavy atom. The van der Waals surface area contributed by atoms with E-state index in [1.54, 1.807) is 0 Å². The van der Waals surface area contributed by atoms with Crippen LogP contribution in [-0.4, -0.2) is 10.1 Å². The van der Waals surface area contributed by atoms with Gasteiger partial charge in [-0.05, 0) is 18.2 Å². The molecule has 1 aromatic carbocycles. The lowest BCUT2D eigenvalue weighted by Gasteiger charge is -2.08. The minimum absolute atomic E-state index is 0.136. The highest BCUT2D eigenvalue weighted by atomic mass is 35.5. The van der Waals surface area contributed by atoms with Crippen LogP contribution in [0, 0.1) is 5.82 Å². The molecule has 0 saturated heterocycles. The zero-order valence-corrected chi connectivity index (χ0v) is 10.5. The monoisotopic (exact) mass is 287 g/mol. The van der Waals surface area contributed by atoms with Crippen molar-refractivity contribution in [3.8, 4) is 11.6 Å². The Kier molecular flexibility index (Phi) is 4.01. The SMILES string of the molecule is OCc1cc(Oc2ccc(F)cc2Cl)ncc1Cl. The Bertz CT molecular complexity index is 578. The number of rotatable bonds is 3. The number of pyridine rings is 1. The average molecular weight is 288 g/mol. The Hall–Kier alpha value is -1.36. The maximum Gasteiger partial charge on any atom is 0.219 e. The summed E-state index contributed by atoms with van der Waals surface area (Å²) < 4.78 is 18.2. The van der Waals surface area contributed by atoms with Crippen molar-refractivity contribution in [1.82, 2.24) is 4.98 Å². The first kappa shape index (κ1) is 13.1. The van der Waals surface area contributed by atoms with Crippen molar-refractivity contribution in [2.24, 2.45) is 0 Å². The molecule has 6 heteroatoms. The third kappa shape index (κ3) is 2.90. The molecule has 0 amide bonds. The van der Waals surface area contributed by atoms with Gasteiger partial charge in [-0.3, -0.25) is 0 Å². The first-order valence-corrected chi connectivity index (χ1v) is 5.74. The van der Waals surface area contributed by atoms with E-state index < -0.39 is 5.82 Å². The lowest BCUT2D eigenvalue weighted by Crippen LogP contribution is -1.93. The Morgan fingerprint density at radius 3 is 2.67 bits per heavy atom. The number of hydrogen-bond acceptors (Lipinski definition) is 3. The molecular weight excluding hydrogens is 280 g/mol. The first-order chi connectivity index (χ1) is 8.60. The fourth-order valence-electron chi connectivity index (χ4n) is 1.31. The van der Waals surface area contributed by atoms with Crippen LogP contribution in [0.2, 0.25) is 10.0 Å². The number of halogens is 3. The molecule has 1 N–H and O–H groups in total. The van der Waals surface area contributed by atoms with Gasteiger partial charge in [0.15, 0.2) is 0 Å². The molecule has 1 aromatic heterocycles. The summed E-state index contributed by atoms with van der Waals surface area (Å²) in [5, 5.41) is 9.54. The smallest absolute Gasteiger partial charge is 0.219 e. The molecule has 94 valence electrons. The predicted molar refractivity (Wildman–Crippen MR) is 66.7 cm³/mol. The highest BCUT2D eigenvalue weighted by Gasteiger charge is 2.08. The molecule has 0 bridgehead atoms. The van der Waals surface area contributed by atoms with Gasteiger partial charge in [0.1, 0.15) is 11.6 Å². The summed E-state index contributed by atoms with van der Waals surface area (Å²) in [5.41, 5.74) is 0.486. The molecule has 1 heterocycles. The van der Waals surface area contributed by atoms with Crippen molar-refractivity contribution in [2.45, 2.75) is 6.61 Å². The summed E-state index contributed by atoms with van der Waals surface area (Å²) in [6, 6.07) is 5.25. The zero-order valence-electron chi connectivity index (χ0n) is 9.03. The van der Waals surface area contributed by atoms with E-state index in [-0.39, 0.29) is 23.3 Å². The van der Waals surface area contributed by atoms with Gasteiger partial charge in [0, 0.05) is 17.8 Å². The molecule has 2 rings (SSSR count). The number of aromatic nitrogens is 1. The predicted octanol–water partition coefficient (Wildman–Crippen LogP) is 3.81. The van der Waals surface area contributed by atoms with Crippen LogP contribution in [0.5, 0.6) is 11.6 Å². The highest BCUT2D eigenvalue weighted by molar-refractivity contribution is 6.32. The molecule has 0 radical (unpaired) electrons. The number of benzene rings is 1. The summed E-state index contributed by atoms with van der Waals surface area (Å²) >= 11 is 11.6. The van der Waals surface area contributed by atoms with Crippen molar-refractivity contribution in [3.05, 3.63) is 51.9 Å². The van der Waals surface area contributed by atoms with Gasteiger partial charge in [-0.2, -0.15) is 0 Å². The van der Waals surface area contributed by atoms with Gasteiger partial charge >= 0.3 is 0 Å².